The molecule has 1 saturated carbocycles. The highest BCUT2D eigenvalue weighted by Crippen LogP contribution is 2.39. The molecule has 1 amide bonds. The monoisotopic (exact) mass is 389 g/mol. The predicted octanol–water partition coefficient (Wildman–Crippen LogP) is 0.648. The van der Waals surface area contributed by atoms with E-state index in [-0.39, 0.29) is 18.0 Å². The van der Waals surface area contributed by atoms with Crippen LogP contribution in [-0.2, 0) is 9.53 Å². The minimum absolute atomic E-state index is 0.0224. The van der Waals surface area contributed by atoms with Gasteiger partial charge in [-0.25, -0.2) is 9.97 Å². The molecule has 154 valence electrons. The number of carbonyl (C=O) groups excluding carboxylic acids is 1. The van der Waals surface area contributed by atoms with Gasteiger partial charge in [-0.1, -0.05) is 6.92 Å². The van der Waals surface area contributed by atoms with Gasteiger partial charge in [0.1, 0.15) is 6.10 Å². The quantitative estimate of drug-likeness (QED) is 0.705. The number of aliphatic hydroxyl groups excluding tert-OH is 1. The first-order valence-electron chi connectivity index (χ1n) is 10.5. The summed E-state index contributed by atoms with van der Waals surface area (Å²) in [6.45, 7) is 4.18. The van der Waals surface area contributed by atoms with Crippen LogP contribution in [0.25, 0.3) is 0 Å². The summed E-state index contributed by atoms with van der Waals surface area (Å²) >= 11 is 0. The molecule has 4 rings (SSSR count). The van der Waals surface area contributed by atoms with Gasteiger partial charge in [0.15, 0.2) is 0 Å². The van der Waals surface area contributed by atoms with Crippen molar-refractivity contribution in [1.82, 2.24) is 14.9 Å². The summed E-state index contributed by atoms with van der Waals surface area (Å²) < 4.78 is 5.72. The third kappa shape index (κ3) is 4.14. The fraction of sp³-hybridized carbons (Fsp3) is 0.750. The largest absolute Gasteiger partial charge is 0.389 e. The highest BCUT2D eigenvalue weighted by Gasteiger charge is 2.41. The second-order valence-electron chi connectivity index (χ2n) is 8.27. The number of ether oxygens (including phenoxy) is 1. The molecule has 3 aliphatic rings. The Morgan fingerprint density at radius 2 is 2.00 bits per heavy atom. The Morgan fingerprint density at radius 3 is 2.64 bits per heavy atom. The standard InChI is InChI=1S/C20H31N5O3/c1-2-15(21)12-28-18-6-8-25(19(18)27)16-5-7-24(11-17(16)26)20-22-9-14(10-23-20)13-3-4-13/h9-10,13,15-18,26H,2-8,11-12,21H2,1H3/t15-,16+,17+,18+/m0/s1. The molecule has 1 aromatic rings. The van der Waals surface area contributed by atoms with Crippen LogP contribution in [0.3, 0.4) is 0 Å². The van der Waals surface area contributed by atoms with E-state index in [0.29, 0.717) is 44.4 Å². The number of aliphatic hydroxyl groups is 1. The number of carbonyl (C=O) groups is 1. The molecule has 3 N–H and O–H groups in total. The Balaban J connectivity index is 1.32. The Hall–Kier alpha value is -1.77. The number of β-amino-alcohol motifs (C(OH)–C–C–N with tert-alkyl or cyclic N) is 1. The summed E-state index contributed by atoms with van der Waals surface area (Å²) in [6.07, 6.45) is 7.40. The number of nitrogens with two attached hydrogens (primary N) is 1. The number of anilines is 1. The summed E-state index contributed by atoms with van der Waals surface area (Å²) in [5, 5.41) is 10.7. The number of piperidine rings is 1. The van der Waals surface area contributed by atoms with Crippen LogP contribution in [-0.4, -0.2) is 76.4 Å². The van der Waals surface area contributed by atoms with E-state index in [2.05, 4.69) is 9.97 Å². The maximum Gasteiger partial charge on any atom is 0.252 e. The molecule has 4 atom stereocenters. The molecule has 0 radical (unpaired) electrons. The SMILES string of the molecule is CC[C@H](N)CO[C@@H]1CCN([C@@H]2CCN(c3ncc(C4CC4)cn3)C[C@H]2O)C1=O. The highest BCUT2D eigenvalue weighted by atomic mass is 16.5. The van der Waals surface area contributed by atoms with Gasteiger partial charge >= 0.3 is 0 Å². The lowest BCUT2D eigenvalue weighted by Gasteiger charge is -2.40. The van der Waals surface area contributed by atoms with Crippen molar-refractivity contribution in [2.24, 2.45) is 5.73 Å². The van der Waals surface area contributed by atoms with Crippen LogP contribution in [0.15, 0.2) is 12.4 Å². The van der Waals surface area contributed by atoms with Crippen LogP contribution in [0.4, 0.5) is 5.95 Å². The van der Waals surface area contributed by atoms with Crippen LogP contribution in [0.2, 0.25) is 0 Å². The molecule has 1 aliphatic carbocycles. The van der Waals surface area contributed by atoms with Crippen LogP contribution < -0.4 is 10.6 Å². The van der Waals surface area contributed by atoms with Crippen LogP contribution in [0, 0.1) is 0 Å². The van der Waals surface area contributed by atoms with Crippen molar-refractivity contribution in [3.8, 4) is 0 Å². The molecule has 3 fully saturated rings. The van der Waals surface area contributed by atoms with Crippen LogP contribution >= 0.6 is 0 Å². The average Bonchev–Trinajstić information content (AvgIpc) is 3.50. The third-order valence-corrected chi connectivity index (χ3v) is 6.16. The molecule has 8 heteroatoms. The number of likely N-dealkylation sites (tertiary alicyclic amines) is 1. The van der Waals surface area contributed by atoms with Crippen molar-refractivity contribution in [3.63, 3.8) is 0 Å². The Morgan fingerprint density at radius 1 is 1.25 bits per heavy atom. The first-order valence-corrected chi connectivity index (χ1v) is 10.5. The molecule has 0 aromatic carbocycles. The normalized spacial score (nSPS) is 29.4. The van der Waals surface area contributed by atoms with Crippen molar-refractivity contribution < 1.29 is 14.6 Å². The van der Waals surface area contributed by atoms with E-state index in [1.807, 2.05) is 24.2 Å². The topological polar surface area (TPSA) is 105 Å². The first kappa shape index (κ1) is 19.5. The molecule has 3 heterocycles. The smallest absolute Gasteiger partial charge is 0.252 e. The number of amides is 1. The van der Waals surface area contributed by atoms with Gasteiger partial charge in [0.2, 0.25) is 5.95 Å². The van der Waals surface area contributed by atoms with E-state index in [1.165, 1.54) is 18.4 Å². The lowest BCUT2D eigenvalue weighted by Crippen LogP contribution is -2.55. The molecular weight excluding hydrogens is 358 g/mol. The number of rotatable bonds is 7. The van der Waals surface area contributed by atoms with Gasteiger partial charge in [-0.05, 0) is 37.2 Å². The molecule has 0 spiro atoms. The zero-order chi connectivity index (χ0) is 19.7. The number of hydrogen-bond acceptors (Lipinski definition) is 7. The number of hydrogen-bond donors (Lipinski definition) is 2. The van der Waals surface area contributed by atoms with Gasteiger partial charge in [0.25, 0.3) is 5.91 Å². The summed E-state index contributed by atoms with van der Waals surface area (Å²) in [5.41, 5.74) is 7.09. The molecule has 0 unspecified atom stereocenters. The zero-order valence-corrected chi connectivity index (χ0v) is 16.5. The van der Waals surface area contributed by atoms with E-state index in [1.54, 1.807) is 4.90 Å². The average molecular weight is 390 g/mol. The fourth-order valence-corrected chi connectivity index (χ4v) is 4.10. The van der Waals surface area contributed by atoms with Gasteiger partial charge in [0.05, 0.1) is 18.8 Å². The van der Waals surface area contributed by atoms with Crippen molar-refractivity contribution >= 4 is 11.9 Å². The Kier molecular flexibility index (Phi) is 5.80. The second-order valence-corrected chi connectivity index (χ2v) is 8.27. The fourth-order valence-electron chi connectivity index (χ4n) is 4.10. The molecule has 28 heavy (non-hydrogen) atoms. The second kappa shape index (κ2) is 8.31. The van der Waals surface area contributed by atoms with Crippen molar-refractivity contribution in [1.29, 1.82) is 0 Å². The maximum atomic E-state index is 12.7. The zero-order valence-electron chi connectivity index (χ0n) is 16.5. The van der Waals surface area contributed by atoms with E-state index in [9.17, 15) is 9.90 Å². The number of aromatic nitrogens is 2. The summed E-state index contributed by atoms with van der Waals surface area (Å²) in [4.78, 5) is 25.5. The molecule has 8 nitrogen and oxygen atoms in total. The molecule has 2 aliphatic heterocycles. The van der Waals surface area contributed by atoms with Gasteiger partial charge in [0, 0.05) is 44.5 Å². The van der Waals surface area contributed by atoms with Crippen molar-refractivity contribution in [2.75, 3.05) is 31.1 Å². The number of nitrogens with zero attached hydrogens (tertiary/aromatic N) is 4. The van der Waals surface area contributed by atoms with Gasteiger partial charge < -0.3 is 25.4 Å². The lowest BCUT2D eigenvalue weighted by atomic mass is 10.0. The lowest BCUT2D eigenvalue weighted by molar-refractivity contribution is -0.141. The minimum atomic E-state index is -0.624. The Labute approximate surface area is 166 Å². The molecular formula is C20H31N5O3. The van der Waals surface area contributed by atoms with Gasteiger partial charge in [-0.15, -0.1) is 0 Å². The minimum Gasteiger partial charge on any atom is -0.389 e. The van der Waals surface area contributed by atoms with E-state index >= 15 is 0 Å². The van der Waals surface area contributed by atoms with Gasteiger partial charge in [-0.2, -0.15) is 0 Å². The first-order chi connectivity index (χ1) is 13.6. The molecule has 2 saturated heterocycles. The van der Waals surface area contributed by atoms with E-state index in [0.717, 1.165) is 13.0 Å². The van der Waals surface area contributed by atoms with Crippen molar-refractivity contribution in [2.45, 2.75) is 69.2 Å². The van der Waals surface area contributed by atoms with Crippen LogP contribution in [0.1, 0.15) is 50.5 Å². The van der Waals surface area contributed by atoms with Crippen LogP contribution in [0.5, 0.6) is 0 Å². The summed E-state index contributed by atoms with van der Waals surface area (Å²) in [7, 11) is 0. The molecule has 1 aromatic heterocycles. The summed E-state index contributed by atoms with van der Waals surface area (Å²) in [5.74, 6) is 1.27. The predicted molar refractivity (Wildman–Crippen MR) is 105 cm³/mol. The summed E-state index contributed by atoms with van der Waals surface area (Å²) in [6, 6.07) is -0.218. The highest BCUT2D eigenvalue weighted by molar-refractivity contribution is 5.83. The van der Waals surface area contributed by atoms with E-state index < -0.39 is 12.2 Å². The molecule has 0 bridgehead atoms. The maximum absolute atomic E-state index is 12.7. The Bertz CT molecular complexity index is 681. The van der Waals surface area contributed by atoms with Gasteiger partial charge in [-0.3, -0.25) is 4.79 Å². The van der Waals surface area contributed by atoms with Crippen molar-refractivity contribution in [3.05, 3.63) is 18.0 Å². The van der Waals surface area contributed by atoms with E-state index in [4.69, 9.17) is 10.5 Å². The third-order valence-electron chi connectivity index (χ3n) is 6.16.